The number of hydrogen-bond acceptors (Lipinski definition) is 3. The van der Waals surface area contributed by atoms with E-state index < -0.39 is 0 Å². The molecule has 2 heterocycles. The maximum absolute atomic E-state index is 10.9. The number of nitrogens with zero attached hydrogens (tertiary/aromatic N) is 3. The van der Waals surface area contributed by atoms with Crippen LogP contribution in [0.2, 0.25) is 5.02 Å². The van der Waals surface area contributed by atoms with Crippen LogP contribution in [0.4, 0.5) is 0 Å². The number of hydrogen-bond donors (Lipinski definition) is 1. The van der Waals surface area contributed by atoms with Crippen molar-refractivity contribution in [3.05, 3.63) is 23.2 Å². The molecule has 0 aromatic carbocycles. The molecule has 0 saturated heterocycles. The number of rotatable bonds is 4. The lowest BCUT2D eigenvalue weighted by Gasteiger charge is -2.08. The molecule has 0 unspecified atom stereocenters. The smallest absolute Gasteiger partial charge is 0.216 e. The van der Waals surface area contributed by atoms with Crippen LogP contribution in [0.3, 0.4) is 0 Å². The third-order valence-electron chi connectivity index (χ3n) is 2.51. The van der Waals surface area contributed by atoms with E-state index in [1.54, 1.807) is 12.4 Å². The van der Waals surface area contributed by atoms with Crippen LogP contribution in [-0.2, 0) is 17.2 Å². The van der Waals surface area contributed by atoms with Crippen molar-refractivity contribution in [2.75, 3.05) is 6.54 Å². The van der Waals surface area contributed by atoms with Gasteiger partial charge in [0.25, 0.3) is 0 Å². The molecule has 1 N–H and O–H groups in total. The van der Waals surface area contributed by atoms with Gasteiger partial charge >= 0.3 is 0 Å². The highest BCUT2D eigenvalue weighted by molar-refractivity contribution is 6.34. The molecule has 0 aliphatic rings. The molecule has 0 saturated carbocycles. The molecule has 0 fully saturated rings. The normalized spacial score (nSPS) is 10.8. The van der Waals surface area contributed by atoms with Crippen LogP contribution in [0.1, 0.15) is 12.7 Å². The largest absolute Gasteiger partial charge is 0.355 e. The van der Waals surface area contributed by atoms with Crippen molar-refractivity contribution in [3.63, 3.8) is 0 Å². The van der Waals surface area contributed by atoms with Gasteiger partial charge in [-0.15, -0.1) is 11.6 Å². The van der Waals surface area contributed by atoms with Gasteiger partial charge in [0.05, 0.1) is 22.6 Å². The number of amides is 1. The third-order valence-corrected chi connectivity index (χ3v) is 3.03. The molecular weight excluding hydrogens is 275 g/mol. The maximum atomic E-state index is 10.9. The zero-order chi connectivity index (χ0) is 13.1. The number of pyridine rings is 1. The quantitative estimate of drug-likeness (QED) is 0.874. The number of imidazole rings is 1. The van der Waals surface area contributed by atoms with Crippen LogP contribution >= 0.6 is 23.2 Å². The van der Waals surface area contributed by atoms with E-state index in [1.807, 2.05) is 4.57 Å². The fraction of sp³-hybridized carbons (Fsp3) is 0.364. The molecule has 0 aliphatic heterocycles. The first-order chi connectivity index (χ1) is 8.63. The lowest BCUT2D eigenvalue weighted by atomic mass is 10.4. The second kappa shape index (κ2) is 5.54. The third kappa shape index (κ3) is 2.57. The standard InChI is InChI=1S/C11H12Cl2N4O/c1-7(18)15-2-3-17-10(4-12)16-9-6-14-5-8(13)11(9)17/h5-6H,2-4H2,1H3,(H,15,18). The van der Waals surface area contributed by atoms with E-state index >= 15 is 0 Å². The predicted molar refractivity (Wildman–Crippen MR) is 70.8 cm³/mol. The highest BCUT2D eigenvalue weighted by Crippen LogP contribution is 2.23. The molecule has 5 nitrogen and oxygen atoms in total. The molecule has 2 aromatic rings. The Hall–Kier alpha value is -1.33. The van der Waals surface area contributed by atoms with E-state index in [-0.39, 0.29) is 11.8 Å². The SMILES string of the molecule is CC(=O)NCCn1c(CCl)nc2cncc(Cl)c21. The van der Waals surface area contributed by atoms with Gasteiger partial charge in [-0.2, -0.15) is 0 Å². The number of nitrogens with one attached hydrogen (secondary N) is 1. The summed E-state index contributed by atoms with van der Waals surface area (Å²) >= 11 is 12.0. The van der Waals surface area contributed by atoms with Crippen LogP contribution in [-0.4, -0.2) is 27.0 Å². The van der Waals surface area contributed by atoms with E-state index in [2.05, 4.69) is 15.3 Å². The summed E-state index contributed by atoms with van der Waals surface area (Å²) in [6.07, 6.45) is 3.21. The van der Waals surface area contributed by atoms with Crippen molar-refractivity contribution in [2.45, 2.75) is 19.3 Å². The number of aromatic nitrogens is 3. The molecule has 0 radical (unpaired) electrons. The van der Waals surface area contributed by atoms with Gasteiger partial charge in [-0.3, -0.25) is 9.78 Å². The number of halogens is 2. The summed E-state index contributed by atoms with van der Waals surface area (Å²) in [5, 5.41) is 3.26. The molecule has 0 spiro atoms. The van der Waals surface area contributed by atoms with Crippen molar-refractivity contribution in [3.8, 4) is 0 Å². The van der Waals surface area contributed by atoms with Gasteiger partial charge in [0, 0.05) is 26.2 Å². The van der Waals surface area contributed by atoms with Crippen LogP contribution in [0.15, 0.2) is 12.4 Å². The van der Waals surface area contributed by atoms with Gasteiger partial charge in [0.15, 0.2) is 0 Å². The molecule has 2 rings (SSSR count). The van der Waals surface area contributed by atoms with E-state index in [0.29, 0.717) is 29.5 Å². The Kier molecular flexibility index (Phi) is 4.04. The minimum atomic E-state index is -0.0698. The molecule has 96 valence electrons. The monoisotopic (exact) mass is 286 g/mol. The summed E-state index contributed by atoms with van der Waals surface area (Å²) in [5.74, 6) is 0.928. The maximum Gasteiger partial charge on any atom is 0.216 e. The summed E-state index contributed by atoms with van der Waals surface area (Å²) in [6.45, 7) is 2.55. The Labute approximate surface area is 114 Å². The molecule has 7 heteroatoms. The van der Waals surface area contributed by atoms with Gasteiger partial charge in [0.2, 0.25) is 5.91 Å². The van der Waals surface area contributed by atoms with Crippen molar-refractivity contribution in [1.29, 1.82) is 0 Å². The van der Waals surface area contributed by atoms with Crippen molar-refractivity contribution < 1.29 is 4.79 Å². The number of carbonyl (C=O) groups is 1. The highest BCUT2D eigenvalue weighted by Gasteiger charge is 2.12. The zero-order valence-corrected chi connectivity index (χ0v) is 11.3. The summed E-state index contributed by atoms with van der Waals surface area (Å²) in [6, 6.07) is 0. The Morgan fingerprint density at radius 3 is 2.94 bits per heavy atom. The van der Waals surface area contributed by atoms with Crippen molar-refractivity contribution in [2.24, 2.45) is 0 Å². The first-order valence-electron chi connectivity index (χ1n) is 5.42. The summed E-state index contributed by atoms with van der Waals surface area (Å²) < 4.78 is 1.91. The fourth-order valence-corrected chi connectivity index (χ4v) is 2.24. The summed E-state index contributed by atoms with van der Waals surface area (Å²) in [5.41, 5.74) is 1.51. The van der Waals surface area contributed by atoms with Gasteiger partial charge in [-0.05, 0) is 0 Å². The summed E-state index contributed by atoms with van der Waals surface area (Å²) in [4.78, 5) is 19.2. The minimum absolute atomic E-state index is 0.0698. The second-order valence-electron chi connectivity index (χ2n) is 3.79. The van der Waals surface area contributed by atoms with Crippen LogP contribution in [0.5, 0.6) is 0 Å². The van der Waals surface area contributed by atoms with Crippen LogP contribution in [0.25, 0.3) is 11.0 Å². The lowest BCUT2D eigenvalue weighted by molar-refractivity contribution is -0.118. The lowest BCUT2D eigenvalue weighted by Crippen LogP contribution is -2.25. The Bertz CT molecular complexity index is 582. The first-order valence-corrected chi connectivity index (χ1v) is 6.33. The topological polar surface area (TPSA) is 59.8 Å². The van der Waals surface area contributed by atoms with Crippen molar-refractivity contribution in [1.82, 2.24) is 19.9 Å². The molecule has 1 amide bonds. The van der Waals surface area contributed by atoms with Gasteiger partial charge in [0.1, 0.15) is 11.3 Å². The van der Waals surface area contributed by atoms with Crippen LogP contribution < -0.4 is 5.32 Å². The van der Waals surface area contributed by atoms with Gasteiger partial charge in [-0.1, -0.05) is 11.6 Å². The van der Waals surface area contributed by atoms with Crippen molar-refractivity contribution >= 4 is 40.1 Å². The zero-order valence-electron chi connectivity index (χ0n) is 9.78. The molecule has 2 aromatic heterocycles. The minimum Gasteiger partial charge on any atom is -0.355 e. The number of alkyl halides is 1. The Morgan fingerprint density at radius 1 is 1.50 bits per heavy atom. The van der Waals surface area contributed by atoms with Crippen LogP contribution in [0, 0.1) is 0 Å². The first kappa shape index (κ1) is 13.1. The van der Waals surface area contributed by atoms with E-state index in [9.17, 15) is 4.79 Å². The Morgan fingerprint density at radius 2 is 2.28 bits per heavy atom. The van der Waals surface area contributed by atoms with Gasteiger partial charge in [-0.25, -0.2) is 4.98 Å². The average Bonchev–Trinajstić information content (AvgIpc) is 2.68. The molecule has 0 atom stereocenters. The predicted octanol–water partition coefficient (Wildman–Crippen LogP) is 1.96. The van der Waals surface area contributed by atoms with E-state index in [1.165, 1.54) is 6.92 Å². The molecule has 0 bridgehead atoms. The van der Waals surface area contributed by atoms with E-state index in [4.69, 9.17) is 23.2 Å². The molecule has 18 heavy (non-hydrogen) atoms. The molecule has 0 aliphatic carbocycles. The van der Waals surface area contributed by atoms with E-state index in [0.717, 1.165) is 5.52 Å². The summed E-state index contributed by atoms with van der Waals surface area (Å²) in [7, 11) is 0. The number of carbonyl (C=O) groups excluding carboxylic acids is 1. The Balaban J connectivity index is 2.37. The average molecular weight is 287 g/mol. The molecular formula is C11H12Cl2N4O. The fourth-order valence-electron chi connectivity index (χ4n) is 1.78. The highest BCUT2D eigenvalue weighted by atomic mass is 35.5. The number of fused-ring (bicyclic) bond motifs is 1. The second-order valence-corrected chi connectivity index (χ2v) is 4.46. The van der Waals surface area contributed by atoms with Gasteiger partial charge < -0.3 is 9.88 Å².